The van der Waals surface area contributed by atoms with Crippen LogP contribution in [-0.2, 0) is 0 Å². The van der Waals surface area contributed by atoms with Crippen molar-refractivity contribution in [2.75, 3.05) is 40.0 Å². The number of quaternary nitrogens is 1. The Labute approximate surface area is 148 Å². The SMILES string of the molecule is Cc1cc(/C=N\N2CC[NH+](C)CC2)c(C)n1-c1ccc2c(c1)OCO2. The highest BCUT2D eigenvalue weighted by atomic mass is 16.7. The van der Waals surface area contributed by atoms with Crippen molar-refractivity contribution >= 4 is 6.21 Å². The largest absolute Gasteiger partial charge is 0.454 e. The van der Waals surface area contributed by atoms with E-state index in [4.69, 9.17) is 14.6 Å². The summed E-state index contributed by atoms with van der Waals surface area (Å²) < 4.78 is 13.2. The molecular weight excluding hydrogens is 316 g/mol. The third-order valence-electron chi connectivity index (χ3n) is 5.04. The Kier molecular flexibility index (Phi) is 4.13. The standard InChI is InChI=1S/C19H24N4O2/c1-14-10-16(12-20-22-8-6-21(3)7-9-22)15(2)23(14)17-4-5-18-19(11-17)25-13-24-18/h4-5,10-12H,6-9,13H2,1-3H3/p+1/b20-12-. The van der Waals surface area contributed by atoms with Crippen LogP contribution in [0.4, 0.5) is 0 Å². The second kappa shape index (κ2) is 6.44. The van der Waals surface area contributed by atoms with Crippen LogP contribution in [0.1, 0.15) is 17.0 Å². The van der Waals surface area contributed by atoms with E-state index in [1.165, 1.54) is 11.4 Å². The summed E-state index contributed by atoms with van der Waals surface area (Å²) in [5, 5.41) is 6.86. The van der Waals surface area contributed by atoms with Gasteiger partial charge in [-0.2, -0.15) is 5.10 Å². The number of hydrogen-bond donors (Lipinski definition) is 1. The average molecular weight is 341 g/mol. The van der Waals surface area contributed by atoms with Gasteiger partial charge in [0.05, 0.1) is 39.4 Å². The first-order valence-corrected chi connectivity index (χ1v) is 8.81. The Morgan fingerprint density at radius 2 is 1.84 bits per heavy atom. The molecule has 25 heavy (non-hydrogen) atoms. The van der Waals surface area contributed by atoms with Crippen molar-refractivity contribution in [3.8, 4) is 17.2 Å². The first-order valence-electron chi connectivity index (χ1n) is 8.81. The summed E-state index contributed by atoms with van der Waals surface area (Å²) in [5.74, 6) is 1.62. The van der Waals surface area contributed by atoms with E-state index >= 15 is 0 Å². The number of piperazine rings is 1. The Bertz CT molecular complexity index is 804. The summed E-state index contributed by atoms with van der Waals surface area (Å²) in [6.45, 7) is 8.88. The maximum atomic E-state index is 5.51. The molecule has 6 heteroatoms. The topological polar surface area (TPSA) is 43.4 Å². The molecule has 0 saturated carbocycles. The summed E-state index contributed by atoms with van der Waals surface area (Å²) in [6.07, 6.45) is 1.99. The fourth-order valence-electron chi connectivity index (χ4n) is 3.48. The van der Waals surface area contributed by atoms with E-state index in [2.05, 4.69) is 42.6 Å². The number of aryl methyl sites for hydroxylation is 1. The molecule has 2 aliphatic heterocycles. The molecule has 0 atom stereocenters. The van der Waals surface area contributed by atoms with Crippen molar-refractivity contribution in [2.24, 2.45) is 5.10 Å². The molecular formula is C19H25N4O2+. The molecule has 132 valence electrons. The van der Waals surface area contributed by atoms with Crippen molar-refractivity contribution in [3.63, 3.8) is 0 Å². The third-order valence-corrected chi connectivity index (χ3v) is 5.04. The van der Waals surface area contributed by atoms with Gasteiger partial charge in [0.1, 0.15) is 0 Å². The van der Waals surface area contributed by atoms with Gasteiger partial charge in [-0.15, -0.1) is 0 Å². The quantitative estimate of drug-likeness (QED) is 0.847. The molecule has 0 unspecified atom stereocenters. The molecule has 2 aromatic rings. The number of likely N-dealkylation sites (N-methyl/N-ethyl adjacent to an activating group) is 1. The Morgan fingerprint density at radius 3 is 2.64 bits per heavy atom. The number of hydrazone groups is 1. The van der Waals surface area contributed by atoms with Gasteiger partial charge in [-0.3, -0.25) is 5.01 Å². The fraction of sp³-hybridized carbons (Fsp3) is 0.421. The molecule has 3 heterocycles. The van der Waals surface area contributed by atoms with Crippen LogP contribution in [-0.4, -0.2) is 55.8 Å². The van der Waals surface area contributed by atoms with Crippen LogP contribution in [0.3, 0.4) is 0 Å². The van der Waals surface area contributed by atoms with Gasteiger partial charge in [0.25, 0.3) is 0 Å². The molecule has 1 fully saturated rings. The number of ether oxygens (including phenoxy) is 2. The highest BCUT2D eigenvalue weighted by Crippen LogP contribution is 2.34. The molecule has 1 saturated heterocycles. The lowest BCUT2D eigenvalue weighted by molar-refractivity contribution is -0.884. The van der Waals surface area contributed by atoms with Crippen LogP contribution < -0.4 is 14.4 Å². The highest BCUT2D eigenvalue weighted by Gasteiger charge is 2.17. The Balaban J connectivity index is 1.59. The summed E-state index contributed by atoms with van der Waals surface area (Å²) in [4.78, 5) is 1.58. The molecule has 0 radical (unpaired) electrons. The molecule has 1 aromatic carbocycles. The first kappa shape index (κ1) is 16.0. The second-order valence-electron chi connectivity index (χ2n) is 6.85. The van der Waals surface area contributed by atoms with E-state index in [9.17, 15) is 0 Å². The van der Waals surface area contributed by atoms with E-state index in [-0.39, 0.29) is 0 Å². The molecule has 6 nitrogen and oxygen atoms in total. The van der Waals surface area contributed by atoms with E-state index in [0.29, 0.717) is 6.79 Å². The minimum Gasteiger partial charge on any atom is -0.454 e. The molecule has 0 spiro atoms. The number of fused-ring (bicyclic) bond motifs is 1. The highest BCUT2D eigenvalue weighted by molar-refractivity contribution is 5.82. The van der Waals surface area contributed by atoms with Gasteiger partial charge in [0, 0.05) is 28.7 Å². The minimum atomic E-state index is 0.299. The third kappa shape index (κ3) is 3.09. The normalized spacial score (nSPS) is 17.6. The number of benzene rings is 1. The molecule has 2 aliphatic rings. The van der Waals surface area contributed by atoms with Gasteiger partial charge >= 0.3 is 0 Å². The second-order valence-corrected chi connectivity index (χ2v) is 6.85. The number of hydrogen-bond acceptors (Lipinski definition) is 4. The molecule has 1 aromatic heterocycles. The van der Waals surface area contributed by atoms with Crippen LogP contribution in [0.5, 0.6) is 11.5 Å². The summed E-state index contributed by atoms with van der Waals surface area (Å²) in [7, 11) is 2.24. The van der Waals surface area contributed by atoms with Crippen LogP contribution in [0.25, 0.3) is 5.69 Å². The zero-order valence-corrected chi connectivity index (χ0v) is 15.1. The van der Waals surface area contributed by atoms with Crippen molar-refractivity contribution in [2.45, 2.75) is 13.8 Å². The molecule has 0 bridgehead atoms. The number of rotatable bonds is 3. The Morgan fingerprint density at radius 1 is 1.08 bits per heavy atom. The number of nitrogens with zero attached hydrogens (tertiary/aromatic N) is 3. The van der Waals surface area contributed by atoms with Crippen LogP contribution in [0.15, 0.2) is 29.4 Å². The maximum absolute atomic E-state index is 5.51. The maximum Gasteiger partial charge on any atom is 0.231 e. The zero-order valence-electron chi connectivity index (χ0n) is 15.1. The first-order chi connectivity index (χ1) is 12.1. The smallest absolute Gasteiger partial charge is 0.231 e. The van der Waals surface area contributed by atoms with Crippen molar-refractivity contribution in [1.29, 1.82) is 0 Å². The van der Waals surface area contributed by atoms with E-state index in [0.717, 1.165) is 48.9 Å². The van der Waals surface area contributed by atoms with Gasteiger partial charge in [-0.25, -0.2) is 0 Å². The predicted octanol–water partition coefficient (Wildman–Crippen LogP) is 0.987. The van der Waals surface area contributed by atoms with Crippen LogP contribution >= 0.6 is 0 Å². The molecule has 4 rings (SSSR count). The van der Waals surface area contributed by atoms with E-state index in [1.54, 1.807) is 4.90 Å². The zero-order chi connectivity index (χ0) is 17.4. The van der Waals surface area contributed by atoms with Crippen LogP contribution in [0.2, 0.25) is 0 Å². The van der Waals surface area contributed by atoms with Gasteiger partial charge < -0.3 is 18.9 Å². The lowest BCUT2D eigenvalue weighted by atomic mass is 10.2. The molecule has 1 N–H and O–H groups in total. The van der Waals surface area contributed by atoms with Gasteiger partial charge in [0.15, 0.2) is 11.5 Å². The lowest BCUT2D eigenvalue weighted by Crippen LogP contribution is -3.11. The predicted molar refractivity (Wildman–Crippen MR) is 97.2 cm³/mol. The van der Waals surface area contributed by atoms with Crippen molar-refractivity contribution in [3.05, 3.63) is 41.2 Å². The molecule has 0 aliphatic carbocycles. The summed E-state index contributed by atoms with van der Waals surface area (Å²) in [5.41, 5.74) is 4.60. The number of aromatic nitrogens is 1. The monoisotopic (exact) mass is 341 g/mol. The fourth-order valence-corrected chi connectivity index (χ4v) is 3.48. The lowest BCUT2D eigenvalue weighted by Gasteiger charge is -2.27. The molecule has 0 amide bonds. The minimum absolute atomic E-state index is 0.299. The van der Waals surface area contributed by atoms with Crippen molar-refractivity contribution in [1.82, 2.24) is 9.58 Å². The van der Waals surface area contributed by atoms with Gasteiger partial charge in [0.2, 0.25) is 6.79 Å². The average Bonchev–Trinajstić information content (AvgIpc) is 3.18. The van der Waals surface area contributed by atoms with E-state index in [1.807, 2.05) is 18.3 Å². The van der Waals surface area contributed by atoms with Crippen LogP contribution in [0, 0.1) is 13.8 Å². The van der Waals surface area contributed by atoms with Gasteiger partial charge in [-0.1, -0.05) is 0 Å². The summed E-state index contributed by atoms with van der Waals surface area (Å²) >= 11 is 0. The van der Waals surface area contributed by atoms with Crippen molar-refractivity contribution < 1.29 is 14.4 Å². The van der Waals surface area contributed by atoms with E-state index < -0.39 is 0 Å². The Hall–Kier alpha value is -2.47. The number of nitrogens with one attached hydrogen (secondary N) is 1. The van der Waals surface area contributed by atoms with Gasteiger partial charge in [-0.05, 0) is 32.0 Å². The summed E-state index contributed by atoms with van der Waals surface area (Å²) in [6, 6.07) is 8.26.